The monoisotopic (exact) mass is 265 g/mol. The molecule has 0 aliphatic rings. The molecule has 0 aliphatic heterocycles. The number of benzene rings is 1. The van der Waals surface area contributed by atoms with Gasteiger partial charge in [0.15, 0.2) is 11.5 Å². The Balaban J connectivity index is 3.16. The van der Waals surface area contributed by atoms with Crippen LogP contribution >= 0.6 is 0 Å². The first kappa shape index (κ1) is 14.6. The minimum atomic E-state index is -1.16. The fourth-order valence-corrected chi connectivity index (χ4v) is 1.68. The van der Waals surface area contributed by atoms with E-state index in [0.29, 0.717) is 22.8 Å². The standard InChI is InChI=1S/C13H15NO5/c1-17-10-5-8(4-9(7-14)13(15)16)6-11(18-2)12(10)19-3/h5-6,9H,4H2,1-3H3,(H,15,16). The van der Waals surface area contributed by atoms with Crippen molar-refractivity contribution < 1.29 is 24.1 Å². The third-order valence-corrected chi connectivity index (χ3v) is 2.62. The van der Waals surface area contributed by atoms with Gasteiger partial charge in [0.1, 0.15) is 5.92 Å². The van der Waals surface area contributed by atoms with E-state index in [4.69, 9.17) is 24.6 Å². The normalized spacial score (nSPS) is 11.3. The van der Waals surface area contributed by atoms with E-state index >= 15 is 0 Å². The van der Waals surface area contributed by atoms with E-state index in [2.05, 4.69) is 0 Å². The molecule has 6 heteroatoms. The Hall–Kier alpha value is -2.42. The van der Waals surface area contributed by atoms with Gasteiger partial charge in [-0.1, -0.05) is 0 Å². The maximum atomic E-state index is 10.9. The Bertz CT molecular complexity index is 481. The number of rotatable bonds is 6. The number of methoxy groups -OCH3 is 3. The van der Waals surface area contributed by atoms with Crippen LogP contribution in [0.3, 0.4) is 0 Å². The molecule has 0 aliphatic carbocycles. The largest absolute Gasteiger partial charge is 0.493 e. The smallest absolute Gasteiger partial charge is 0.321 e. The minimum absolute atomic E-state index is 0.0720. The van der Waals surface area contributed by atoms with Crippen molar-refractivity contribution in [3.8, 4) is 23.3 Å². The second-order valence-electron chi connectivity index (χ2n) is 3.76. The average molecular weight is 265 g/mol. The molecule has 1 rings (SSSR count). The van der Waals surface area contributed by atoms with Gasteiger partial charge < -0.3 is 19.3 Å². The van der Waals surface area contributed by atoms with Crippen LogP contribution in [-0.2, 0) is 11.2 Å². The lowest BCUT2D eigenvalue weighted by atomic mass is 10.00. The zero-order valence-electron chi connectivity index (χ0n) is 11.0. The summed E-state index contributed by atoms with van der Waals surface area (Å²) in [5, 5.41) is 17.7. The molecule has 0 fully saturated rings. The number of carbonyl (C=O) groups is 1. The molecule has 0 saturated carbocycles. The van der Waals surface area contributed by atoms with Crippen molar-refractivity contribution in [1.82, 2.24) is 0 Å². The van der Waals surface area contributed by atoms with E-state index in [1.807, 2.05) is 0 Å². The molecule has 1 aromatic carbocycles. The summed E-state index contributed by atoms with van der Waals surface area (Å²) in [7, 11) is 4.43. The molecule has 1 aromatic rings. The van der Waals surface area contributed by atoms with Crippen molar-refractivity contribution in [1.29, 1.82) is 5.26 Å². The summed E-state index contributed by atoms with van der Waals surface area (Å²) in [5.74, 6) is -0.977. The second kappa shape index (κ2) is 6.50. The van der Waals surface area contributed by atoms with Crippen LogP contribution in [0, 0.1) is 17.2 Å². The lowest BCUT2D eigenvalue weighted by Crippen LogP contribution is -2.14. The van der Waals surface area contributed by atoms with E-state index in [1.165, 1.54) is 21.3 Å². The molecule has 0 spiro atoms. The van der Waals surface area contributed by atoms with Gasteiger partial charge in [-0.3, -0.25) is 4.79 Å². The van der Waals surface area contributed by atoms with Gasteiger partial charge in [-0.2, -0.15) is 5.26 Å². The second-order valence-corrected chi connectivity index (χ2v) is 3.76. The van der Waals surface area contributed by atoms with Crippen molar-refractivity contribution >= 4 is 5.97 Å². The lowest BCUT2D eigenvalue weighted by Gasteiger charge is -2.14. The van der Waals surface area contributed by atoms with Crippen LogP contribution in [0.4, 0.5) is 0 Å². The fraction of sp³-hybridized carbons (Fsp3) is 0.385. The predicted octanol–water partition coefficient (Wildman–Crippen LogP) is 1.48. The van der Waals surface area contributed by atoms with Gasteiger partial charge in [0, 0.05) is 0 Å². The van der Waals surface area contributed by atoms with E-state index < -0.39 is 11.9 Å². The number of carboxylic acids is 1. The highest BCUT2D eigenvalue weighted by Crippen LogP contribution is 2.38. The molecule has 1 atom stereocenters. The number of ether oxygens (including phenoxy) is 3. The molecule has 1 N–H and O–H groups in total. The summed E-state index contributed by atoms with van der Waals surface area (Å²) in [6.07, 6.45) is 0.0720. The Morgan fingerprint density at radius 2 is 1.79 bits per heavy atom. The Labute approximate surface area is 111 Å². The van der Waals surface area contributed by atoms with Gasteiger partial charge in [-0.15, -0.1) is 0 Å². The Morgan fingerprint density at radius 3 is 2.11 bits per heavy atom. The van der Waals surface area contributed by atoms with Crippen molar-refractivity contribution in [3.05, 3.63) is 17.7 Å². The third kappa shape index (κ3) is 3.28. The molecule has 0 bridgehead atoms. The molecule has 19 heavy (non-hydrogen) atoms. The summed E-state index contributed by atoms with van der Waals surface area (Å²) in [4.78, 5) is 10.9. The zero-order chi connectivity index (χ0) is 14.4. The first-order valence-electron chi connectivity index (χ1n) is 5.48. The highest BCUT2D eigenvalue weighted by atomic mass is 16.5. The van der Waals surface area contributed by atoms with Gasteiger partial charge in [-0.25, -0.2) is 0 Å². The number of nitrogens with zero attached hydrogens (tertiary/aromatic N) is 1. The van der Waals surface area contributed by atoms with E-state index in [0.717, 1.165) is 0 Å². The van der Waals surface area contributed by atoms with E-state index in [-0.39, 0.29) is 6.42 Å². The molecule has 0 radical (unpaired) electrons. The fourth-order valence-electron chi connectivity index (χ4n) is 1.68. The zero-order valence-corrected chi connectivity index (χ0v) is 11.0. The van der Waals surface area contributed by atoms with Crippen LogP contribution in [-0.4, -0.2) is 32.4 Å². The summed E-state index contributed by atoms with van der Waals surface area (Å²) >= 11 is 0. The first-order chi connectivity index (χ1) is 9.07. The van der Waals surface area contributed by atoms with Crippen molar-refractivity contribution in [2.24, 2.45) is 5.92 Å². The van der Waals surface area contributed by atoms with Crippen LogP contribution < -0.4 is 14.2 Å². The van der Waals surface area contributed by atoms with Crippen LogP contribution in [0.15, 0.2) is 12.1 Å². The lowest BCUT2D eigenvalue weighted by molar-refractivity contribution is -0.139. The SMILES string of the molecule is COc1cc(CC(C#N)C(=O)O)cc(OC)c1OC. The highest BCUT2D eigenvalue weighted by molar-refractivity contribution is 5.73. The quantitative estimate of drug-likeness (QED) is 0.838. The molecular weight excluding hydrogens is 250 g/mol. The third-order valence-electron chi connectivity index (χ3n) is 2.62. The average Bonchev–Trinajstić information content (AvgIpc) is 2.42. The van der Waals surface area contributed by atoms with Crippen LogP contribution in [0.2, 0.25) is 0 Å². The van der Waals surface area contributed by atoms with Gasteiger partial charge in [0.2, 0.25) is 5.75 Å². The highest BCUT2D eigenvalue weighted by Gasteiger charge is 2.20. The molecular formula is C13H15NO5. The molecule has 0 saturated heterocycles. The molecule has 102 valence electrons. The van der Waals surface area contributed by atoms with Crippen LogP contribution in [0.5, 0.6) is 17.2 Å². The molecule has 6 nitrogen and oxygen atoms in total. The summed E-state index contributed by atoms with van der Waals surface area (Å²) in [6, 6.07) is 5.01. The van der Waals surface area contributed by atoms with Crippen LogP contribution in [0.1, 0.15) is 5.56 Å². The van der Waals surface area contributed by atoms with Crippen molar-refractivity contribution in [2.45, 2.75) is 6.42 Å². The molecule has 1 unspecified atom stereocenters. The Morgan fingerprint density at radius 1 is 1.26 bits per heavy atom. The summed E-state index contributed by atoms with van der Waals surface area (Å²) in [5.41, 5.74) is 0.628. The van der Waals surface area contributed by atoms with Crippen LogP contribution in [0.25, 0.3) is 0 Å². The Kier molecular flexibility index (Phi) is 5.01. The summed E-state index contributed by atoms with van der Waals surface area (Å²) < 4.78 is 15.5. The molecule has 0 amide bonds. The number of aliphatic carboxylic acids is 1. The maximum Gasteiger partial charge on any atom is 0.321 e. The van der Waals surface area contributed by atoms with Gasteiger partial charge >= 0.3 is 5.97 Å². The molecule has 0 heterocycles. The number of hydrogen-bond acceptors (Lipinski definition) is 5. The van der Waals surface area contributed by atoms with E-state index in [9.17, 15) is 4.79 Å². The minimum Gasteiger partial charge on any atom is -0.493 e. The number of nitriles is 1. The predicted molar refractivity (Wildman–Crippen MR) is 66.5 cm³/mol. The van der Waals surface area contributed by atoms with Gasteiger partial charge in [0.25, 0.3) is 0 Å². The maximum absolute atomic E-state index is 10.9. The summed E-state index contributed by atoms with van der Waals surface area (Å²) in [6.45, 7) is 0. The topological polar surface area (TPSA) is 88.8 Å². The number of carboxylic acid groups (broad SMARTS) is 1. The van der Waals surface area contributed by atoms with Gasteiger partial charge in [0.05, 0.1) is 27.4 Å². The van der Waals surface area contributed by atoms with E-state index in [1.54, 1.807) is 18.2 Å². The van der Waals surface area contributed by atoms with Crippen molar-refractivity contribution in [2.75, 3.05) is 21.3 Å². The molecule has 0 aromatic heterocycles. The van der Waals surface area contributed by atoms with Crippen molar-refractivity contribution in [3.63, 3.8) is 0 Å². The number of hydrogen-bond donors (Lipinski definition) is 1. The first-order valence-corrected chi connectivity index (χ1v) is 5.48. The van der Waals surface area contributed by atoms with Gasteiger partial charge in [-0.05, 0) is 24.1 Å².